The van der Waals surface area contributed by atoms with Crippen LogP contribution in [0.15, 0.2) is 40.2 Å². The van der Waals surface area contributed by atoms with Crippen LogP contribution in [0.5, 0.6) is 5.75 Å². The first-order chi connectivity index (χ1) is 9.11. The minimum absolute atomic E-state index is 0.0180. The molecule has 100 valence electrons. The zero-order chi connectivity index (χ0) is 13.8. The van der Waals surface area contributed by atoms with Crippen LogP contribution in [0.25, 0.3) is 0 Å². The first-order valence-corrected chi connectivity index (χ1v) is 7.62. The van der Waals surface area contributed by atoms with Crippen molar-refractivity contribution < 1.29 is 9.90 Å². The highest BCUT2D eigenvalue weighted by molar-refractivity contribution is 9.10. The summed E-state index contributed by atoms with van der Waals surface area (Å²) in [4.78, 5) is 13.3. The van der Waals surface area contributed by atoms with Gasteiger partial charge in [-0.2, -0.15) is 0 Å². The largest absolute Gasteiger partial charge is 0.507 e. The summed E-state index contributed by atoms with van der Waals surface area (Å²) in [5, 5.41) is 14.7. The van der Waals surface area contributed by atoms with Crippen molar-refractivity contribution in [1.82, 2.24) is 5.32 Å². The maximum Gasteiger partial charge on any atom is 0.255 e. The summed E-state index contributed by atoms with van der Waals surface area (Å²) in [6, 6.07) is 8.81. The Kier molecular flexibility index (Phi) is 4.61. The number of phenols is 1. The van der Waals surface area contributed by atoms with Gasteiger partial charge in [-0.3, -0.25) is 4.79 Å². The lowest BCUT2D eigenvalue weighted by molar-refractivity contribution is 0.0933. The minimum atomic E-state index is -0.259. The van der Waals surface area contributed by atoms with Crippen molar-refractivity contribution in [2.45, 2.75) is 19.4 Å². The van der Waals surface area contributed by atoms with E-state index >= 15 is 0 Å². The molecule has 0 fully saturated rings. The summed E-state index contributed by atoms with van der Waals surface area (Å²) in [6.45, 7) is 2.02. The first kappa shape index (κ1) is 14.1. The Labute approximate surface area is 124 Å². The molecule has 19 heavy (non-hydrogen) atoms. The highest BCUT2D eigenvalue weighted by atomic mass is 79.9. The van der Waals surface area contributed by atoms with Gasteiger partial charge in [-0.25, -0.2) is 0 Å². The average Bonchev–Trinajstić information content (AvgIpc) is 2.89. The molecule has 1 aromatic heterocycles. The predicted molar refractivity (Wildman–Crippen MR) is 80.6 cm³/mol. The van der Waals surface area contributed by atoms with Crippen LogP contribution in [0.1, 0.15) is 34.6 Å². The van der Waals surface area contributed by atoms with E-state index in [1.54, 1.807) is 23.5 Å². The summed E-state index contributed by atoms with van der Waals surface area (Å²) in [7, 11) is 0. The topological polar surface area (TPSA) is 49.3 Å². The van der Waals surface area contributed by atoms with Crippen molar-refractivity contribution in [3.8, 4) is 5.75 Å². The van der Waals surface area contributed by atoms with Gasteiger partial charge in [0.1, 0.15) is 5.75 Å². The number of carbonyl (C=O) groups is 1. The maximum absolute atomic E-state index is 12.2. The van der Waals surface area contributed by atoms with Gasteiger partial charge in [0.2, 0.25) is 0 Å². The van der Waals surface area contributed by atoms with E-state index in [9.17, 15) is 9.90 Å². The lowest BCUT2D eigenvalue weighted by atomic mass is 10.1. The normalized spacial score (nSPS) is 12.1. The van der Waals surface area contributed by atoms with Crippen molar-refractivity contribution in [3.63, 3.8) is 0 Å². The molecule has 0 bridgehead atoms. The van der Waals surface area contributed by atoms with Gasteiger partial charge < -0.3 is 10.4 Å². The van der Waals surface area contributed by atoms with Crippen LogP contribution in [0.3, 0.4) is 0 Å². The number of benzene rings is 1. The van der Waals surface area contributed by atoms with Crippen LogP contribution in [-0.4, -0.2) is 11.0 Å². The smallest absolute Gasteiger partial charge is 0.255 e. The van der Waals surface area contributed by atoms with Crippen molar-refractivity contribution >= 4 is 33.2 Å². The summed E-state index contributed by atoms with van der Waals surface area (Å²) in [5.41, 5.74) is 0.290. The molecular formula is C14H14BrNO2S. The first-order valence-electron chi connectivity index (χ1n) is 5.94. The second-order valence-electron chi connectivity index (χ2n) is 4.11. The second kappa shape index (κ2) is 6.21. The number of amides is 1. The SMILES string of the molecule is CCC(NC(=O)c1ccc(Br)cc1O)c1cccs1. The van der Waals surface area contributed by atoms with Gasteiger partial charge in [0.15, 0.2) is 0 Å². The maximum atomic E-state index is 12.2. The van der Waals surface area contributed by atoms with Gasteiger partial charge in [0.25, 0.3) is 5.91 Å². The number of nitrogens with one attached hydrogen (secondary N) is 1. The van der Waals surface area contributed by atoms with Crippen LogP contribution < -0.4 is 5.32 Å². The lowest BCUT2D eigenvalue weighted by Crippen LogP contribution is -2.27. The number of rotatable bonds is 4. The monoisotopic (exact) mass is 339 g/mol. The summed E-state index contributed by atoms with van der Waals surface area (Å²) in [6.07, 6.45) is 0.809. The Hall–Kier alpha value is -1.33. The Morgan fingerprint density at radius 3 is 2.84 bits per heavy atom. The standard InChI is InChI=1S/C14H14BrNO2S/c1-2-11(13-4-3-7-19-13)16-14(18)10-6-5-9(15)8-12(10)17/h3-8,11,17H,2H2,1H3,(H,16,18). The number of phenolic OH excluding ortho intramolecular Hbond substituents is 1. The van der Waals surface area contributed by atoms with E-state index in [4.69, 9.17) is 0 Å². The molecule has 2 N–H and O–H groups in total. The minimum Gasteiger partial charge on any atom is -0.507 e. The zero-order valence-electron chi connectivity index (χ0n) is 10.4. The lowest BCUT2D eigenvalue weighted by Gasteiger charge is -2.16. The number of thiophene rings is 1. The quantitative estimate of drug-likeness (QED) is 0.880. The van der Waals surface area contributed by atoms with E-state index in [-0.39, 0.29) is 17.7 Å². The summed E-state index contributed by atoms with van der Waals surface area (Å²) in [5.74, 6) is -0.279. The summed E-state index contributed by atoms with van der Waals surface area (Å²) >= 11 is 4.87. The van der Waals surface area contributed by atoms with E-state index in [0.29, 0.717) is 5.56 Å². The molecule has 1 heterocycles. The fourth-order valence-electron chi connectivity index (χ4n) is 1.80. The Morgan fingerprint density at radius 2 is 2.26 bits per heavy atom. The molecule has 1 amide bonds. The zero-order valence-corrected chi connectivity index (χ0v) is 12.8. The average molecular weight is 340 g/mol. The molecule has 0 saturated carbocycles. The summed E-state index contributed by atoms with van der Waals surface area (Å²) < 4.78 is 0.742. The molecular weight excluding hydrogens is 326 g/mol. The van der Waals surface area contributed by atoms with E-state index in [2.05, 4.69) is 21.2 Å². The molecule has 0 aliphatic rings. The number of halogens is 1. The third kappa shape index (κ3) is 3.36. The number of aromatic hydroxyl groups is 1. The third-order valence-electron chi connectivity index (χ3n) is 2.80. The van der Waals surface area contributed by atoms with Gasteiger partial charge in [-0.05, 0) is 36.1 Å². The predicted octanol–water partition coefficient (Wildman–Crippen LogP) is 4.10. The van der Waals surface area contributed by atoms with E-state index in [1.165, 1.54) is 6.07 Å². The molecule has 5 heteroatoms. The second-order valence-corrected chi connectivity index (χ2v) is 6.01. The van der Waals surface area contributed by atoms with Gasteiger partial charge in [-0.1, -0.05) is 28.9 Å². The number of carbonyl (C=O) groups excluding carboxylic acids is 1. The molecule has 2 aromatic rings. The molecule has 2 rings (SSSR count). The van der Waals surface area contributed by atoms with Crippen molar-refractivity contribution in [1.29, 1.82) is 0 Å². The molecule has 0 aliphatic carbocycles. The van der Waals surface area contributed by atoms with Crippen molar-refractivity contribution in [3.05, 3.63) is 50.6 Å². The highest BCUT2D eigenvalue weighted by Crippen LogP contribution is 2.25. The molecule has 1 unspecified atom stereocenters. The number of hydrogen-bond acceptors (Lipinski definition) is 3. The van der Waals surface area contributed by atoms with Crippen LogP contribution in [0.2, 0.25) is 0 Å². The Bertz CT molecular complexity index is 569. The molecule has 0 spiro atoms. The van der Waals surface area contributed by atoms with Crippen molar-refractivity contribution in [2.75, 3.05) is 0 Å². The highest BCUT2D eigenvalue weighted by Gasteiger charge is 2.17. The van der Waals surface area contributed by atoms with Crippen LogP contribution in [-0.2, 0) is 0 Å². The third-order valence-corrected chi connectivity index (χ3v) is 4.28. The van der Waals surface area contributed by atoms with Crippen LogP contribution >= 0.6 is 27.3 Å². The van der Waals surface area contributed by atoms with Gasteiger partial charge in [0, 0.05) is 9.35 Å². The Balaban J connectivity index is 2.16. The molecule has 0 saturated heterocycles. The molecule has 1 atom stereocenters. The van der Waals surface area contributed by atoms with Crippen LogP contribution in [0, 0.1) is 0 Å². The van der Waals surface area contributed by atoms with Crippen molar-refractivity contribution in [2.24, 2.45) is 0 Å². The fraction of sp³-hybridized carbons (Fsp3) is 0.214. The Morgan fingerprint density at radius 1 is 1.47 bits per heavy atom. The fourth-order valence-corrected chi connectivity index (χ4v) is 3.01. The van der Waals surface area contributed by atoms with Gasteiger partial charge >= 0.3 is 0 Å². The van der Waals surface area contributed by atoms with E-state index in [0.717, 1.165) is 15.8 Å². The van der Waals surface area contributed by atoms with Gasteiger partial charge in [0.05, 0.1) is 11.6 Å². The number of hydrogen-bond donors (Lipinski definition) is 2. The van der Waals surface area contributed by atoms with Crippen LogP contribution in [0.4, 0.5) is 0 Å². The molecule has 0 aliphatic heterocycles. The molecule has 0 radical (unpaired) electrons. The molecule has 3 nitrogen and oxygen atoms in total. The van der Waals surface area contributed by atoms with Gasteiger partial charge in [-0.15, -0.1) is 11.3 Å². The van der Waals surface area contributed by atoms with E-state index in [1.807, 2.05) is 24.4 Å². The van der Waals surface area contributed by atoms with E-state index < -0.39 is 0 Å². The molecule has 1 aromatic carbocycles.